The molecule has 1 amide bonds. The number of phenolic OH excluding ortho intramolecular Hbond substituents is 1. The van der Waals surface area contributed by atoms with Gasteiger partial charge in [0.2, 0.25) is 0 Å². The van der Waals surface area contributed by atoms with E-state index in [1.54, 1.807) is 0 Å². The van der Waals surface area contributed by atoms with Gasteiger partial charge in [-0.15, -0.1) is 0 Å². The van der Waals surface area contributed by atoms with Crippen molar-refractivity contribution in [1.82, 2.24) is 5.32 Å². The van der Waals surface area contributed by atoms with Crippen molar-refractivity contribution in [3.8, 4) is 11.5 Å². The minimum absolute atomic E-state index is 0.143. The van der Waals surface area contributed by atoms with E-state index in [0.29, 0.717) is 0 Å². The van der Waals surface area contributed by atoms with E-state index in [2.05, 4.69) is 5.32 Å². The number of hydrogen-bond acceptors (Lipinski definition) is 4. The monoisotopic (exact) mass is 295 g/mol. The fraction of sp³-hybridized carbons (Fsp3) is 0.467. The maximum Gasteiger partial charge on any atom is 0.305 e. The number of methoxy groups -OCH3 is 1. The first-order valence-electron chi connectivity index (χ1n) is 6.55. The third-order valence-electron chi connectivity index (χ3n) is 3.17. The Labute approximate surface area is 123 Å². The Balaban J connectivity index is 2.91. The number of carbonyl (C=O) groups is 2. The van der Waals surface area contributed by atoms with E-state index in [0.717, 1.165) is 0 Å². The van der Waals surface area contributed by atoms with E-state index < -0.39 is 23.3 Å². The van der Waals surface area contributed by atoms with Crippen molar-refractivity contribution in [1.29, 1.82) is 0 Å². The van der Waals surface area contributed by atoms with Crippen LogP contribution >= 0.6 is 0 Å². The molecule has 1 aromatic rings. The molecule has 0 radical (unpaired) electrons. The molecule has 0 saturated heterocycles. The van der Waals surface area contributed by atoms with Gasteiger partial charge in [-0.3, -0.25) is 9.59 Å². The second-order valence-corrected chi connectivity index (χ2v) is 5.88. The molecule has 1 aromatic carbocycles. The summed E-state index contributed by atoms with van der Waals surface area (Å²) in [6.45, 7) is 5.56. The Morgan fingerprint density at radius 2 is 1.95 bits per heavy atom. The zero-order valence-electron chi connectivity index (χ0n) is 12.6. The van der Waals surface area contributed by atoms with Gasteiger partial charge in [0.25, 0.3) is 5.91 Å². The van der Waals surface area contributed by atoms with E-state index in [1.807, 2.05) is 20.8 Å². The average Bonchev–Trinajstić information content (AvgIpc) is 2.36. The summed E-state index contributed by atoms with van der Waals surface area (Å²) in [5.74, 6) is -1.29. The van der Waals surface area contributed by atoms with Crippen LogP contribution in [0.5, 0.6) is 11.5 Å². The van der Waals surface area contributed by atoms with Gasteiger partial charge in [-0.2, -0.15) is 0 Å². The molecule has 0 heterocycles. The third kappa shape index (κ3) is 4.66. The highest BCUT2D eigenvalue weighted by Gasteiger charge is 2.28. The molecule has 0 aliphatic heterocycles. The standard InChI is InChI=1S/C15H21NO5/c1-15(2,3)12(8-13(18)19)16-14(20)9-5-6-11(21-4)10(17)7-9/h5-7,12,17H,8H2,1-4H3,(H,16,20)(H,18,19). The summed E-state index contributed by atoms with van der Waals surface area (Å²) in [6, 6.07) is 3.75. The fourth-order valence-corrected chi connectivity index (χ4v) is 1.82. The number of hydrogen-bond donors (Lipinski definition) is 3. The van der Waals surface area contributed by atoms with E-state index >= 15 is 0 Å². The number of carboxylic acids is 1. The Kier molecular flexibility index (Phi) is 5.18. The van der Waals surface area contributed by atoms with Crippen LogP contribution in [0.4, 0.5) is 0 Å². The van der Waals surface area contributed by atoms with Crippen LogP contribution in [-0.4, -0.2) is 35.2 Å². The maximum absolute atomic E-state index is 12.2. The van der Waals surface area contributed by atoms with Crippen molar-refractivity contribution >= 4 is 11.9 Å². The highest BCUT2D eigenvalue weighted by atomic mass is 16.5. The molecular formula is C15H21NO5. The summed E-state index contributed by atoms with van der Waals surface area (Å²) in [7, 11) is 1.41. The lowest BCUT2D eigenvalue weighted by Gasteiger charge is -2.30. The number of carbonyl (C=O) groups excluding carboxylic acids is 1. The number of nitrogens with one attached hydrogen (secondary N) is 1. The Bertz CT molecular complexity index is 533. The summed E-state index contributed by atoms with van der Waals surface area (Å²) < 4.78 is 4.91. The lowest BCUT2D eigenvalue weighted by molar-refractivity contribution is -0.138. The molecule has 0 saturated carbocycles. The van der Waals surface area contributed by atoms with Crippen molar-refractivity contribution < 1.29 is 24.5 Å². The quantitative estimate of drug-likeness (QED) is 0.772. The van der Waals surface area contributed by atoms with Crippen LogP contribution in [0.1, 0.15) is 37.6 Å². The van der Waals surface area contributed by atoms with Gasteiger partial charge in [0.1, 0.15) is 0 Å². The number of rotatable bonds is 5. The molecule has 0 aliphatic rings. The summed E-state index contributed by atoms with van der Waals surface area (Å²) in [4.78, 5) is 23.1. The molecule has 0 aliphatic carbocycles. The van der Waals surface area contributed by atoms with Crippen LogP contribution in [0.25, 0.3) is 0 Å². The van der Waals surface area contributed by atoms with Crippen molar-refractivity contribution in [3.05, 3.63) is 23.8 Å². The van der Waals surface area contributed by atoms with Crippen LogP contribution in [0, 0.1) is 5.41 Å². The smallest absolute Gasteiger partial charge is 0.305 e. The van der Waals surface area contributed by atoms with Crippen molar-refractivity contribution in [2.24, 2.45) is 5.41 Å². The zero-order chi connectivity index (χ0) is 16.2. The van der Waals surface area contributed by atoms with E-state index in [9.17, 15) is 14.7 Å². The lowest BCUT2D eigenvalue weighted by atomic mass is 9.84. The maximum atomic E-state index is 12.2. The van der Waals surface area contributed by atoms with Gasteiger partial charge in [0, 0.05) is 11.6 Å². The van der Waals surface area contributed by atoms with Crippen LogP contribution < -0.4 is 10.1 Å². The second-order valence-electron chi connectivity index (χ2n) is 5.88. The zero-order valence-corrected chi connectivity index (χ0v) is 12.6. The second kappa shape index (κ2) is 6.47. The summed E-state index contributed by atoms with van der Waals surface area (Å²) in [5, 5.41) is 21.3. The first-order valence-corrected chi connectivity index (χ1v) is 6.55. The Hall–Kier alpha value is -2.24. The molecule has 0 aromatic heterocycles. The molecule has 21 heavy (non-hydrogen) atoms. The molecule has 0 fully saturated rings. The predicted molar refractivity (Wildman–Crippen MR) is 77.6 cm³/mol. The van der Waals surface area contributed by atoms with Crippen molar-refractivity contribution in [3.63, 3.8) is 0 Å². The highest BCUT2D eigenvalue weighted by Crippen LogP contribution is 2.27. The van der Waals surface area contributed by atoms with E-state index in [-0.39, 0.29) is 23.5 Å². The summed E-state index contributed by atoms with van der Waals surface area (Å²) in [6.07, 6.45) is -0.169. The lowest BCUT2D eigenvalue weighted by Crippen LogP contribution is -2.45. The van der Waals surface area contributed by atoms with Gasteiger partial charge in [-0.1, -0.05) is 20.8 Å². The molecule has 3 N–H and O–H groups in total. The van der Waals surface area contributed by atoms with Gasteiger partial charge in [-0.25, -0.2) is 0 Å². The Morgan fingerprint density at radius 1 is 1.33 bits per heavy atom. The minimum atomic E-state index is -0.979. The largest absolute Gasteiger partial charge is 0.504 e. The SMILES string of the molecule is COc1ccc(C(=O)NC(CC(=O)O)C(C)(C)C)cc1O. The van der Waals surface area contributed by atoms with Crippen molar-refractivity contribution in [2.45, 2.75) is 33.2 Å². The molecule has 0 spiro atoms. The minimum Gasteiger partial charge on any atom is -0.504 e. The fourth-order valence-electron chi connectivity index (χ4n) is 1.82. The van der Waals surface area contributed by atoms with Crippen LogP contribution in [-0.2, 0) is 4.79 Å². The number of carboxylic acid groups (broad SMARTS) is 1. The van der Waals surface area contributed by atoms with Gasteiger partial charge < -0.3 is 20.3 Å². The van der Waals surface area contributed by atoms with Crippen LogP contribution in [0.2, 0.25) is 0 Å². The van der Waals surface area contributed by atoms with E-state index in [4.69, 9.17) is 9.84 Å². The van der Waals surface area contributed by atoms with Gasteiger partial charge in [0.15, 0.2) is 11.5 Å². The van der Waals surface area contributed by atoms with E-state index in [1.165, 1.54) is 25.3 Å². The number of phenols is 1. The third-order valence-corrected chi connectivity index (χ3v) is 3.17. The number of amides is 1. The first kappa shape index (κ1) is 16.8. The molecule has 6 nitrogen and oxygen atoms in total. The number of benzene rings is 1. The van der Waals surface area contributed by atoms with Crippen LogP contribution in [0.3, 0.4) is 0 Å². The topological polar surface area (TPSA) is 95.9 Å². The molecule has 1 unspecified atom stereocenters. The molecule has 0 bridgehead atoms. The van der Waals surface area contributed by atoms with Crippen molar-refractivity contribution in [2.75, 3.05) is 7.11 Å². The normalized spacial score (nSPS) is 12.6. The molecule has 1 rings (SSSR count). The van der Waals surface area contributed by atoms with Gasteiger partial charge in [0.05, 0.1) is 13.5 Å². The Morgan fingerprint density at radius 3 is 2.38 bits per heavy atom. The number of ether oxygens (including phenoxy) is 1. The molecular weight excluding hydrogens is 274 g/mol. The molecule has 116 valence electrons. The van der Waals surface area contributed by atoms with Gasteiger partial charge in [-0.05, 0) is 23.6 Å². The van der Waals surface area contributed by atoms with Gasteiger partial charge >= 0.3 is 5.97 Å². The number of aromatic hydroxyl groups is 1. The first-order chi connectivity index (χ1) is 9.65. The summed E-state index contributed by atoms with van der Waals surface area (Å²) >= 11 is 0. The highest BCUT2D eigenvalue weighted by molar-refractivity contribution is 5.95. The molecule has 1 atom stereocenters. The van der Waals surface area contributed by atoms with Crippen LogP contribution in [0.15, 0.2) is 18.2 Å². The average molecular weight is 295 g/mol. The number of aliphatic carboxylic acids is 1. The summed E-state index contributed by atoms with van der Waals surface area (Å²) in [5.41, 5.74) is -0.157. The molecule has 6 heteroatoms. The predicted octanol–water partition coefficient (Wildman–Crippen LogP) is 2.02.